The zero-order chi connectivity index (χ0) is 18.8. The van der Waals surface area contributed by atoms with Crippen LogP contribution in [0.3, 0.4) is 0 Å². The largest absolute Gasteiger partial charge is 0.494 e. The zero-order valence-electron chi connectivity index (χ0n) is 15.4. The lowest BCUT2D eigenvalue weighted by atomic mass is 10.0. The van der Waals surface area contributed by atoms with Crippen molar-refractivity contribution in [1.29, 1.82) is 0 Å². The molecule has 6 nitrogen and oxygen atoms in total. The Morgan fingerprint density at radius 2 is 1.78 bits per heavy atom. The SMILES string of the molecule is CNc1nc(-c2cnccn2)nc2c(OC)cc(-c3ccc(C)cc3)cc12. The quantitative estimate of drug-likeness (QED) is 0.592. The highest BCUT2D eigenvalue weighted by atomic mass is 16.5. The molecule has 2 heterocycles. The molecule has 0 amide bonds. The predicted molar refractivity (Wildman–Crippen MR) is 107 cm³/mol. The summed E-state index contributed by atoms with van der Waals surface area (Å²) in [5.74, 6) is 1.90. The molecule has 0 bridgehead atoms. The third kappa shape index (κ3) is 3.17. The van der Waals surface area contributed by atoms with E-state index in [0.29, 0.717) is 23.1 Å². The summed E-state index contributed by atoms with van der Waals surface area (Å²) in [6.07, 6.45) is 4.89. The van der Waals surface area contributed by atoms with Crippen molar-refractivity contribution in [2.75, 3.05) is 19.5 Å². The molecule has 134 valence electrons. The van der Waals surface area contributed by atoms with Crippen LogP contribution in [0.25, 0.3) is 33.5 Å². The van der Waals surface area contributed by atoms with Gasteiger partial charge in [0.25, 0.3) is 0 Å². The molecule has 0 saturated carbocycles. The van der Waals surface area contributed by atoms with Crippen LogP contribution in [0.4, 0.5) is 5.82 Å². The van der Waals surface area contributed by atoms with Crippen molar-refractivity contribution in [3.05, 3.63) is 60.6 Å². The van der Waals surface area contributed by atoms with Gasteiger partial charge in [-0.1, -0.05) is 29.8 Å². The number of rotatable bonds is 4. The van der Waals surface area contributed by atoms with E-state index in [-0.39, 0.29) is 0 Å². The molecule has 0 radical (unpaired) electrons. The number of nitrogens with zero attached hydrogens (tertiary/aromatic N) is 4. The van der Waals surface area contributed by atoms with Crippen LogP contribution in [0.2, 0.25) is 0 Å². The Morgan fingerprint density at radius 1 is 0.963 bits per heavy atom. The molecule has 27 heavy (non-hydrogen) atoms. The summed E-state index contributed by atoms with van der Waals surface area (Å²) in [6, 6.07) is 12.5. The highest BCUT2D eigenvalue weighted by Gasteiger charge is 2.15. The Hall–Kier alpha value is -3.54. The number of hydrogen-bond donors (Lipinski definition) is 1. The molecule has 2 aromatic heterocycles. The second kappa shape index (κ2) is 6.99. The number of aromatic nitrogens is 4. The Kier molecular flexibility index (Phi) is 4.38. The second-order valence-corrected chi connectivity index (χ2v) is 6.18. The standard InChI is InChI=1S/C21H19N5O/c1-13-4-6-14(7-5-13)15-10-16-19(18(11-15)27-3)25-21(26-20(16)22-2)17-12-23-8-9-24-17/h4-12H,1-3H3,(H,22,25,26). The number of methoxy groups -OCH3 is 1. The molecule has 0 atom stereocenters. The van der Waals surface area contributed by atoms with Gasteiger partial charge in [-0.3, -0.25) is 4.98 Å². The molecule has 0 spiro atoms. The number of ether oxygens (including phenoxy) is 1. The molecule has 2 aromatic carbocycles. The summed E-state index contributed by atoms with van der Waals surface area (Å²) >= 11 is 0. The summed E-state index contributed by atoms with van der Waals surface area (Å²) < 4.78 is 5.65. The maximum atomic E-state index is 5.65. The molecule has 6 heteroatoms. The average Bonchev–Trinajstić information content (AvgIpc) is 2.73. The molecule has 4 aromatic rings. The molecule has 0 aliphatic rings. The fourth-order valence-electron chi connectivity index (χ4n) is 2.99. The molecule has 0 saturated heterocycles. The van der Waals surface area contributed by atoms with E-state index in [9.17, 15) is 0 Å². The number of fused-ring (bicyclic) bond motifs is 1. The topological polar surface area (TPSA) is 72.8 Å². The highest BCUT2D eigenvalue weighted by Crippen LogP contribution is 2.35. The lowest BCUT2D eigenvalue weighted by Gasteiger charge is -2.13. The number of anilines is 1. The molecule has 0 fully saturated rings. The van der Waals surface area contributed by atoms with E-state index in [1.54, 1.807) is 25.7 Å². The molecule has 0 aliphatic heterocycles. The van der Waals surface area contributed by atoms with Crippen LogP contribution in [0.1, 0.15) is 5.56 Å². The fraction of sp³-hybridized carbons (Fsp3) is 0.143. The summed E-state index contributed by atoms with van der Waals surface area (Å²) in [6.45, 7) is 2.08. The van der Waals surface area contributed by atoms with Crippen molar-refractivity contribution in [3.63, 3.8) is 0 Å². The van der Waals surface area contributed by atoms with E-state index in [1.165, 1.54) is 5.56 Å². The van der Waals surface area contributed by atoms with Gasteiger partial charge in [0.05, 0.1) is 13.3 Å². The second-order valence-electron chi connectivity index (χ2n) is 6.18. The maximum absolute atomic E-state index is 5.65. The van der Waals surface area contributed by atoms with Crippen molar-refractivity contribution in [3.8, 4) is 28.4 Å². The van der Waals surface area contributed by atoms with E-state index in [0.717, 1.165) is 22.0 Å². The van der Waals surface area contributed by atoms with Crippen LogP contribution in [0.5, 0.6) is 5.75 Å². The Balaban J connectivity index is 1.96. The minimum absolute atomic E-state index is 0.501. The smallest absolute Gasteiger partial charge is 0.182 e. The van der Waals surface area contributed by atoms with Gasteiger partial charge in [0.1, 0.15) is 22.8 Å². The minimum Gasteiger partial charge on any atom is -0.494 e. The van der Waals surface area contributed by atoms with Crippen LogP contribution in [0.15, 0.2) is 55.0 Å². The van der Waals surface area contributed by atoms with Gasteiger partial charge in [-0.25, -0.2) is 15.0 Å². The van der Waals surface area contributed by atoms with Crippen LogP contribution < -0.4 is 10.1 Å². The monoisotopic (exact) mass is 357 g/mol. The van der Waals surface area contributed by atoms with Crippen molar-refractivity contribution in [2.45, 2.75) is 6.92 Å². The van der Waals surface area contributed by atoms with Gasteiger partial charge in [-0.05, 0) is 30.2 Å². The molecular formula is C21H19N5O. The number of nitrogens with one attached hydrogen (secondary N) is 1. The summed E-state index contributed by atoms with van der Waals surface area (Å²) in [4.78, 5) is 17.7. The first-order valence-corrected chi connectivity index (χ1v) is 8.60. The van der Waals surface area contributed by atoms with Gasteiger partial charge in [0, 0.05) is 24.8 Å². The molecule has 1 N–H and O–H groups in total. The molecular weight excluding hydrogens is 338 g/mol. The number of hydrogen-bond acceptors (Lipinski definition) is 6. The summed E-state index contributed by atoms with van der Waals surface area (Å²) in [7, 11) is 3.49. The van der Waals surface area contributed by atoms with Crippen molar-refractivity contribution >= 4 is 16.7 Å². The first-order chi connectivity index (χ1) is 13.2. The van der Waals surface area contributed by atoms with Gasteiger partial charge in [-0.15, -0.1) is 0 Å². The average molecular weight is 357 g/mol. The normalized spacial score (nSPS) is 10.8. The minimum atomic E-state index is 0.501. The van der Waals surface area contributed by atoms with Gasteiger partial charge in [0.2, 0.25) is 0 Å². The zero-order valence-corrected chi connectivity index (χ0v) is 15.4. The van der Waals surface area contributed by atoms with Crippen LogP contribution in [-0.4, -0.2) is 34.1 Å². The predicted octanol–water partition coefficient (Wildman–Crippen LogP) is 4.11. The van der Waals surface area contributed by atoms with Crippen LogP contribution >= 0.6 is 0 Å². The van der Waals surface area contributed by atoms with Crippen molar-refractivity contribution < 1.29 is 4.74 Å². The van der Waals surface area contributed by atoms with Crippen molar-refractivity contribution in [2.24, 2.45) is 0 Å². The summed E-state index contributed by atoms with van der Waals surface area (Å²) in [5, 5.41) is 4.05. The first kappa shape index (κ1) is 16.9. The first-order valence-electron chi connectivity index (χ1n) is 8.60. The highest BCUT2D eigenvalue weighted by molar-refractivity contribution is 5.97. The Morgan fingerprint density at radius 3 is 2.44 bits per heavy atom. The van der Waals surface area contributed by atoms with Crippen molar-refractivity contribution in [1.82, 2.24) is 19.9 Å². The van der Waals surface area contributed by atoms with Gasteiger partial charge >= 0.3 is 0 Å². The number of benzene rings is 2. The third-order valence-electron chi connectivity index (χ3n) is 4.40. The Labute approximate surface area is 157 Å². The summed E-state index contributed by atoms with van der Waals surface area (Å²) in [5.41, 5.74) is 4.72. The van der Waals surface area contributed by atoms with E-state index in [1.807, 2.05) is 13.1 Å². The lowest BCUT2D eigenvalue weighted by Crippen LogP contribution is -2.01. The van der Waals surface area contributed by atoms with Gasteiger partial charge < -0.3 is 10.1 Å². The Bertz CT molecular complexity index is 1100. The van der Waals surface area contributed by atoms with E-state index < -0.39 is 0 Å². The van der Waals surface area contributed by atoms with E-state index in [2.05, 4.69) is 57.5 Å². The lowest BCUT2D eigenvalue weighted by molar-refractivity contribution is 0.419. The maximum Gasteiger partial charge on any atom is 0.182 e. The van der Waals surface area contributed by atoms with Gasteiger partial charge in [0.15, 0.2) is 5.82 Å². The fourth-order valence-corrected chi connectivity index (χ4v) is 2.99. The molecule has 0 unspecified atom stereocenters. The van der Waals surface area contributed by atoms with Crippen LogP contribution in [0, 0.1) is 6.92 Å². The van der Waals surface area contributed by atoms with Crippen LogP contribution in [-0.2, 0) is 0 Å². The van der Waals surface area contributed by atoms with E-state index in [4.69, 9.17) is 9.72 Å². The third-order valence-corrected chi connectivity index (χ3v) is 4.40. The van der Waals surface area contributed by atoms with E-state index >= 15 is 0 Å². The molecule has 4 rings (SSSR count). The van der Waals surface area contributed by atoms with Gasteiger partial charge in [-0.2, -0.15) is 0 Å². The number of aryl methyl sites for hydroxylation is 1. The molecule has 0 aliphatic carbocycles.